The highest BCUT2D eigenvalue weighted by molar-refractivity contribution is 7.89. The Morgan fingerprint density at radius 3 is 2.24 bits per heavy atom. The predicted octanol–water partition coefficient (Wildman–Crippen LogP) is 4.37. The van der Waals surface area contributed by atoms with E-state index in [-0.39, 0.29) is 52.0 Å². The molecule has 0 spiro atoms. The van der Waals surface area contributed by atoms with E-state index in [0.717, 1.165) is 23.8 Å². The molecule has 4 aliphatic carbocycles. The number of amides is 1. The summed E-state index contributed by atoms with van der Waals surface area (Å²) in [6.45, 7) is 2.53. The van der Waals surface area contributed by atoms with Gasteiger partial charge in [0.1, 0.15) is 4.90 Å². The van der Waals surface area contributed by atoms with E-state index in [1.165, 1.54) is 55.0 Å². The summed E-state index contributed by atoms with van der Waals surface area (Å²) < 4.78 is 27.5. The maximum atomic E-state index is 13.1. The number of benzene rings is 1. The van der Waals surface area contributed by atoms with Crippen LogP contribution in [0.4, 0.5) is 5.69 Å². The minimum absolute atomic E-state index is 0.0219. The number of hydrogen-bond donors (Lipinski definition) is 1. The Bertz CT molecular complexity index is 1060. The molecular formula is C24H32ClN3O5S. The number of carbonyl (C=O) groups excluding carboxylic acids is 1. The summed E-state index contributed by atoms with van der Waals surface area (Å²) in [6.07, 6.45) is 8.60. The molecule has 1 aliphatic heterocycles. The molecule has 4 saturated carbocycles. The van der Waals surface area contributed by atoms with E-state index in [1.54, 1.807) is 0 Å². The van der Waals surface area contributed by atoms with Crippen LogP contribution in [0.3, 0.4) is 0 Å². The topological polar surface area (TPSA) is 110 Å². The van der Waals surface area contributed by atoms with Crippen LogP contribution in [0.25, 0.3) is 0 Å². The number of piperidine rings is 1. The van der Waals surface area contributed by atoms with Gasteiger partial charge in [-0.1, -0.05) is 11.6 Å². The van der Waals surface area contributed by atoms with E-state index in [1.807, 2.05) is 0 Å². The molecule has 10 heteroatoms. The average Bonchev–Trinajstić information content (AvgIpc) is 2.78. The van der Waals surface area contributed by atoms with Crippen molar-refractivity contribution in [2.45, 2.75) is 69.2 Å². The van der Waals surface area contributed by atoms with Crippen LogP contribution in [0.15, 0.2) is 23.1 Å². The molecule has 1 aromatic rings. The third-order valence-electron chi connectivity index (χ3n) is 8.93. The second kappa shape index (κ2) is 8.75. The molecular weight excluding hydrogens is 478 g/mol. The number of halogens is 1. The van der Waals surface area contributed by atoms with E-state index in [9.17, 15) is 23.3 Å². The first-order valence-electron chi connectivity index (χ1n) is 12.3. The van der Waals surface area contributed by atoms with Gasteiger partial charge in [0.25, 0.3) is 5.69 Å². The molecule has 8 nitrogen and oxygen atoms in total. The van der Waals surface area contributed by atoms with Crippen molar-refractivity contribution in [3.8, 4) is 0 Å². The molecule has 5 aliphatic rings. The number of carbonyl (C=O) groups is 1. The maximum absolute atomic E-state index is 13.1. The first-order valence-corrected chi connectivity index (χ1v) is 14.1. The lowest BCUT2D eigenvalue weighted by atomic mass is 9.48. The van der Waals surface area contributed by atoms with Crippen LogP contribution in [-0.4, -0.2) is 42.7 Å². The van der Waals surface area contributed by atoms with Crippen molar-refractivity contribution in [1.29, 1.82) is 0 Å². The summed E-state index contributed by atoms with van der Waals surface area (Å²) in [5.41, 5.74) is -0.0938. The molecule has 1 heterocycles. The fourth-order valence-electron chi connectivity index (χ4n) is 7.49. The normalized spacial score (nSPS) is 32.5. The van der Waals surface area contributed by atoms with Gasteiger partial charge in [0.15, 0.2) is 0 Å². The quantitative estimate of drug-likeness (QED) is 0.452. The molecule has 0 aromatic heterocycles. The van der Waals surface area contributed by atoms with Crippen LogP contribution in [0.1, 0.15) is 58.3 Å². The molecule has 1 amide bonds. The first-order chi connectivity index (χ1) is 16.1. The van der Waals surface area contributed by atoms with E-state index in [4.69, 9.17) is 11.6 Å². The SMILES string of the molecule is CC(NC(=O)C1CCN(S(=O)(=O)c2cc([N+](=O)[O-])ccc2Cl)CC1)C12CC3CC(CC(C3)C1)C2. The van der Waals surface area contributed by atoms with Gasteiger partial charge in [0.2, 0.25) is 15.9 Å². The predicted molar refractivity (Wildman–Crippen MR) is 128 cm³/mol. The van der Waals surface area contributed by atoms with Crippen LogP contribution in [0, 0.1) is 39.2 Å². The summed E-state index contributed by atoms with van der Waals surface area (Å²) in [4.78, 5) is 23.3. The molecule has 4 bridgehead atoms. The van der Waals surface area contributed by atoms with Crippen molar-refractivity contribution in [2.75, 3.05) is 13.1 Å². The number of sulfonamides is 1. The highest BCUT2D eigenvalue weighted by Crippen LogP contribution is 2.61. The zero-order valence-electron chi connectivity index (χ0n) is 19.4. The van der Waals surface area contributed by atoms with Crippen molar-refractivity contribution in [3.63, 3.8) is 0 Å². The van der Waals surface area contributed by atoms with Gasteiger partial charge in [0.05, 0.1) is 9.95 Å². The van der Waals surface area contributed by atoms with E-state index in [0.29, 0.717) is 12.8 Å². The third kappa shape index (κ3) is 4.24. The molecule has 1 unspecified atom stereocenters. The molecule has 1 aromatic carbocycles. The van der Waals surface area contributed by atoms with Crippen LogP contribution in [-0.2, 0) is 14.8 Å². The van der Waals surface area contributed by atoms with Gasteiger partial charge in [-0.3, -0.25) is 14.9 Å². The van der Waals surface area contributed by atoms with Crippen molar-refractivity contribution >= 4 is 33.2 Å². The summed E-state index contributed by atoms with van der Waals surface area (Å²) in [5, 5.41) is 14.4. The molecule has 1 atom stereocenters. The molecule has 0 radical (unpaired) electrons. The van der Waals surface area contributed by atoms with Crippen molar-refractivity contribution < 1.29 is 18.1 Å². The number of nitro groups is 1. The number of nitro benzene ring substituents is 1. The van der Waals surface area contributed by atoms with Crippen LogP contribution < -0.4 is 5.32 Å². The lowest BCUT2D eigenvalue weighted by molar-refractivity contribution is -0.385. The molecule has 1 saturated heterocycles. The van der Waals surface area contributed by atoms with Crippen LogP contribution in [0.5, 0.6) is 0 Å². The Balaban J connectivity index is 1.21. The fourth-order valence-corrected chi connectivity index (χ4v) is 9.46. The molecule has 34 heavy (non-hydrogen) atoms. The van der Waals surface area contributed by atoms with E-state index in [2.05, 4.69) is 12.2 Å². The Kier molecular flexibility index (Phi) is 6.18. The maximum Gasteiger partial charge on any atom is 0.270 e. The number of nitrogens with zero attached hydrogens (tertiary/aromatic N) is 2. The number of non-ortho nitro benzene ring substituents is 1. The van der Waals surface area contributed by atoms with Crippen molar-refractivity contribution in [1.82, 2.24) is 9.62 Å². The fraction of sp³-hybridized carbons (Fsp3) is 0.708. The van der Waals surface area contributed by atoms with Crippen LogP contribution in [0.2, 0.25) is 5.02 Å². The summed E-state index contributed by atoms with van der Waals surface area (Å²) in [5.74, 6) is 2.25. The van der Waals surface area contributed by atoms with Gasteiger partial charge in [-0.25, -0.2) is 8.42 Å². The molecule has 5 fully saturated rings. The average molecular weight is 510 g/mol. The monoisotopic (exact) mass is 509 g/mol. The van der Waals surface area contributed by atoms with Gasteiger partial charge in [-0.2, -0.15) is 4.31 Å². The summed E-state index contributed by atoms with van der Waals surface area (Å²) in [6, 6.07) is 3.56. The van der Waals surface area contributed by atoms with Gasteiger partial charge in [0, 0.05) is 37.2 Å². The van der Waals surface area contributed by atoms with Gasteiger partial charge in [-0.15, -0.1) is 0 Å². The number of nitrogens with one attached hydrogen (secondary N) is 1. The highest BCUT2D eigenvalue weighted by Gasteiger charge is 2.53. The number of hydrogen-bond acceptors (Lipinski definition) is 5. The minimum atomic E-state index is -3.99. The lowest BCUT2D eigenvalue weighted by Crippen LogP contribution is -2.56. The lowest BCUT2D eigenvalue weighted by Gasteiger charge is -2.59. The standard InChI is InChI=1S/C24H32ClN3O5S/c1-15(24-12-16-8-17(13-24)10-18(9-16)14-24)26-23(29)19-4-6-27(7-5-19)34(32,33)22-11-20(28(30)31)2-3-21(22)25/h2-3,11,15-19H,4-10,12-14H2,1H3,(H,26,29). The molecule has 6 rings (SSSR count). The third-order valence-corrected chi connectivity index (χ3v) is 11.3. The van der Waals surface area contributed by atoms with Gasteiger partial charge in [-0.05, 0) is 87.5 Å². The summed E-state index contributed by atoms with van der Waals surface area (Å²) in [7, 11) is -3.99. The second-order valence-corrected chi connectivity index (χ2v) is 13.4. The second-order valence-electron chi connectivity index (χ2n) is 11.1. The summed E-state index contributed by atoms with van der Waals surface area (Å²) >= 11 is 6.08. The highest BCUT2D eigenvalue weighted by atomic mass is 35.5. The van der Waals surface area contributed by atoms with Gasteiger partial charge < -0.3 is 5.32 Å². The Labute approximate surface area is 205 Å². The minimum Gasteiger partial charge on any atom is -0.353 e. The molecule has 186 valence electrons. The van der Waals surface area contributed by atoms with E-state index < -0.39 is 14.9 Å². The number of rotatable bonds is 6. The Morgan fingerprint density at radius 1 is 1.15 bits per heavy atom. The zero-order chi connectivity index (χ0) is 24.3. The Morgan fingerprint density at radius 2 is 1.71 bits per heavy atom. The van der Waals surface area contributed by atoms with Crippen LogP contribution >= 0.6 is 11.6 Å². The van der Waals surface area contributed by atoms with Crippen molar-refractivity contribution in [2.24, 2.45) is 29.1 Å². The smallest absolute Gasteiger partial charge is 0.270 e. The first kappa shape index (κ1) is 24.0. The molecule has 1 N–H and O–H groups in total. The Hall–Kier alpha value is -1.71. The van der Waals surface area contributed by atoms with Crippen molar-refractivity contribution in [3.05, 3.63) is 33.3 Å². The largest absolute Gasteiger partial charge is 0.353 e. The zero-order valence-corrected chi connectivity index (χ0v) is 21.0. The van der Waals surface area contributed by atoms with E-state index >= 15 is 0 Å². The van der Waals surface area contributed by atoms with Gasteiger partial charge >= 0.3 is 0 Å².